The number of rotatable bonds is 6. The molecule has 0 aliphatic heterocycles. The van der Waals surface area contributed by atoms with E-state index in [1.807, 2.05) is 0 Å². The van der Waals surface area contributed by atoms with Gasteiger partial charge >= 0.3 is 11.9 Å². The average Bonchev–Trinajstić information content (AvgIpc) is 2.66. The SMILES string of the molecule is COCC(=O)OC1C=CC(OC(=O)COC)C1. The van der Waals surface area contributed by atoms with Crippen molar-refractivity contribution >= 4 is 11.9 Å². The number of carbonyl (C=O) groups is 2. The van der Waals surface area contributed by atoms with Crippen LogP contribution in [0.3, 0.4) is 0 Å². The van der Waals surface area contributed by atoms with E-state index in [2.05, 4.69) is 9.47 Å². The Morgan fingerprint density at radius 3 is 1.76 bits per heavy atom. The van der Waals surface area contributed by atoms with Crippen molar-refractivity contribution in [2.24, 2.45) is 0 Å². The third-order valence-electron chi connectivity index (χ3n) is 2.10. The number of hydrogen-bond acceptors (Lipinski definition) is 6. The van der Waals surface area contributed by atoms with Gasteiger partial charge in [-0.15, -0.1) is 0 Å². The van der Waals surface area contributed by atoms with Gasteiger partial charge in [0.1, 0.15) is 25.4 Å². The highest BCUT2D eigenvalue weighted by Crippen LogP contribution is 2.17. The second-order valence-corrected chi connectivity index (χ2v) is 3.54. The fraction of sp³-hybridized carbons (Fsp3) is 0.636. The molecule has 6 nitrogen and oxygen atoms in total. The van der Waals surface area contributed by atoms with E-state index in [1.165, 1.54) is 14.2 Å². The van der Waals surface area contributed by atoms with E-state index in [-0.39, 0.29) is 25.4 Å². The van der Waals surface area contributed by atoms with Gasteiger partial charge in [0.15, 0.2) is 0 Å². The van der Waals surface area contributed by atoms with Crippen LogP contribution in [0.1, 0.15) is 6.42 Å². The van der Waals surface area contributed by atoms with Gasteiger partial charge in [-0.05, 0) is 12.2 Å². The zero-order valence-corrected chi connectivity index (χ0v) is 9.88. The summed E-state index contributed by atoms with van der Waals surface area (Å²) in [6.45, 7) is -0.170. The molecule has 0 aromatic rings. The molecule has 0 amide bonds. The van der Waals surface area contributed by atoms with Gasteiger partial charge in [0.05, 0.1) is 0 Å². The first-order valence-electron chi connectivity index (χ1n) is 5.21. The number of esters is 2. The number of methoxy groups -OCH3 is 2. The summed E-state index contributed by atoms with van der Waals surface area (Å²) >= 11 is 0. The van der Waals surface area contributed by atoms with Crippen LogP contribution in [0.2, 0.25) is 0 Å². The van der Waals surface area contributed by atoms with Crippen molar-refractivity contribution in [1.82, 2.24) is 0 Å². The van der Waals surface area contributed by atoms with Crippen LogP contribution >= 0.6 is 0 Å². The molecular formula is C11H16O6. The second-order valence-electron chi connectivity index (χ2n) is 3.54. The maximum absolute atomic E-state index is 11.1. The van der Waals surface area contributed by atoms with Gasteiger partial charge in [-0.1, -0.05) is 0 Å². The van der Waals surface area contributed by atoms with E-state index in [1.54, 1.807) is 12.2 Å². The predicted octanol–water partition coefficient (Wildman–Crippen LogP) is 0.0627. The standard InChI is InChI=1S/C11H16O6/c1-14-6-10(12)16-8-3-4-9(5-8)17-11(13)7-15-2/h3-4,8-9H,5-7H2,1-2H3. The van der Waals surface area contributed by atoms with Gasteiger partial charge in [0, 0.05) is 20.6 Å². The molecule has 0 spiro atoms. The van der Waals surface area contributed by atoms with E-state index in [4.69, 9.17) is 9.47 Å². The molecule has 0 radical (unpaired) electrons. The van der Waals surface area contributed by atoms with Crippen LogP contribution in [-0.4, -0.2) is 51.6 Å². The molecule has 0 aromatic heterocycles. The normalized spacial score (nSPS) is 22.5. The fourth-order valence-electron chi connectivity index (χ4n) is 1.45. The lowest BCUT2D eigenvalue weighted by molar-refractivity contribution is -0.154. The van der Waals surface area contributed by atoms with Gasteiger partial charge in [-0.2, -0.15) is 0 Å². The minimum absolute atomic E-state index is 0.0849. The van der Waals surface area contributed by atoms with E-state index in [0.29, 0.717) is 6.42 Å². The average molecular weight is 244 g/mol. The summed E-state index contributed by atoms with van der Waals surface area (Å²) in [5.41, 5.74) is 0. The number of carbonyl (C=O) groups excluding carboxylic acids is 2. The topological polar surface area (TPSA) is 71.1 Å². The number of hydrogen-bond donors (Lipinski definition) is 0. The molecule has 1 aliphatic rings. The maximum atomic E-state index is 11.1. The van der Waals surface area contributed by atoms with Gasteiger partial charge in [0.2, 0.25) is 0 Å². The summed E-state index contributed by atoms with van der Waals surface area (Å²) in [7, 11) is 2.84. The molecule has 0 saturated heterocycles. The lowest BCUT2D eigenvalue weighted by Crippen LogP contribution is -2.23. The Morgan fingerprint density at radius 2 is 1.41 bits per heavy atom. The molecule has 0 fully saturated rings. The van der Waals surface area contributed by atoms with Crippen molar-refractivity contribution in [2.75, 3.05) is 27.4 Å². The zero-order chi connectivity index (χ0) is 12.7. The van der Waals surface area contributed by atoms with Crippen molar-refractivity contribution in [1.29, 1.82) is 0 Å². The van der Waals surface area contributed by atoms with Gasteiger partial charge in [-0.3, -0.25) is 0 Å². The highest BCUT2D eigenvalue weighted by Gasteiger charge is 2.24. The molecule has 0 N–H and O–H groups in total. The molecule has 1 aliphatic carbocycles. The van der Waals surface area contributed by atoms with E-state index >= 15 is 0 Å². The molecular weight excluding hydrogens is 228 g/mol. The minimum Gasteiger partial charge on any atom is -0.456 e. The Balaban J connectivity index is 2.26. The van der Waals surface area contributed by atoms with Crippen molar-refractivity contribution in [3.8, 4) is 0 Å². The summed E-state index contributed by atoms with van der Waals surface area (Å²) in [4.78, 5) is 22.2. The molecule has 0 bridgehead atoms. The second kappa shape index (κ2) is 7.03. The largest absolute Gasteiger partial charge is 0.456 e. The van der Waals surface area contributed by atoms with Crippen molar-refractivity contribution < 1.29 is 28.5 Å². The van der Waals surface area contributed by atoms with E-state index in [0.717, 1.165) is 0 Å². The Hall–Kier alpha value is -1.40. The predicted molar refractivity (Wildman–Crippen MR) is 57.3 cm³/mol. The fourth-order valence-corrected chi connectivity index (χ4v) is 1.45. The Kier molecular flexibility index (Phi) is 5.65. The third-order valence-corrected chi connectivity index (χ3v) is 2.10. The van der Waals surface area contributed by atoms with Crippen molar-refractivity contribution in [2.45, 2.75) is 18.6 Å². The summed E-state index contributed by atoms with van der Waals surface area (Å²) in [6, 6.07) is 0. The Labute approximate surface area is 99.5 Å². The molecule has 6 heteroatoms. The lowest BCUT2D eigenvalue weighted by atomic mass is 10.3. The first-order chi connectivity index (χ1) is 8.15. The van der Waals surface area contributed by atoms with Crippen LogP contribution in [0.4, 0.5) is 0 Å². The van der Waals surface area contributed by atoms with Crippen LogP contribution in [0.5, 0.6) is 0 Å². The van der Waals surface area contributed by atoms with Gasteiger partial charge < -0.3 is 18.9 Å². The van der Waals surface area contributed by atoms with E-state index < -0.39 is 11.9 Å². The maximum Gasteiger partial charge on any atom is 0.332 e. The van der Waals surface area contributed by atoms with Crippen LogP contribution in [0.25, 0.3) is 0 Å². The summed E-state index contributed by atoms with van der Waals surface area (Å²) in [6.07, 6.45) is 3.10. The summed E-state index contributed by atoms with van der Waals surface area (Å²) < 4.78 is 19.4. The summed E-state index contributed by atoms with van der Waals surface area (Å²) in [5.74, 6) is -0.878. The van der Waals surface area contributed by atoms with Gasteiger partial charge in [0.25, 0.3) is 0 Å². The molecule has 1 rings (SSSR count). The van der Waals surface area contributed by atoms with Crippen LogP contribution < -0.4 is 0 Å². The molecule has 17 heavy (non-hydrogen) atoms. The molecule has 2 atom stereocenters. The highest BCUT2D eigenvalue weighted by molar-refractivity contribution is 5.71. The Bertz CT molecular complexity index is 270. The van der Waals surface area contributed by atoms with Crippen LogP contribution in [0.15, 0.2) is 12.2 Å². The van der Waals surface area contributed by atoms with Gasteiger partial charge in [-0.25, -0.2) is 9.59 Å². The number of ether oxygens (including phenoxy) is 4. The molecule has 2 unspecified atom stereocenters. The van der Waals surface area contributed by atoms with Crippen LogP contribution in [-0.2, 0) is 28.5 Å². The molecule has 0 saturated carbocycles. The first-order valence-corrected chi connectivity index (χ1v) is 5.21. The van der Waals surface area contributed by atoms with Crippen molar-refractivity contribution in [3.05, 3.63) is 12.2 Å². The quantitative estimate of drug-likeness (QED) is 0.486. The molecule has 96 valence electrons. The smallest absolute Gasteiger partial charge is 0.332 e. The summed E-state index contributed by atoms with van der Waals surface area (Å²) in [5, 5.41) is 0. The van der Waals surface area contributed by atoms with Crippen LogP contribution in [0, 0.1) is 0 Å². The molecule has 0 aromatic carbocycles. The van der Waals surface area contributed by atoms with E-state index in [9.17, 15) is 9.59 Å². The van der Waals surface area contributed by atoms with Crippen molar-refractivity contribution in [3.63, 3.8) is 0 Å². The minimum atomic E-state index is -0.439. The first kappa shape index (κ1) is 13.7. The highest BCUT2D eigenvalue weighted by atomic mass is 16.6. The monoisotopic (exact) mass is 244 g/mol. The third kappa shape index (κ3) is 4.97. The lowest BCUT2D eigenvalue weighted by Gasteiger charge is -2.13. The Morgan fingerprint density at radius 1 is 1.00 bits per heavy atom. The molecule has 0 heterocycles. The zero-order valence-electron chi connectivity index (χ0n) is 9.88.